The van der Waals surface area contributed by atoms with Crippen LogP contribution in [0.3, 0.4) is 0 Å². The zero-order valence-corrected chi connectivity index (χ0v) is 19.2. The van der Waals surface area contributed by atoms with Crippen LogP contribution in [-0.2, 0) is 21.4 Å². The van der Waals surface area contributed by atoms with Gasteiger partial charge in [0, 0.05) is 13.1 Å². The average Bonchev–Trinajstić information content (AvgIpc) is 2.82. The highest BCUT2D eigenvalue weighted by Crippen LogP contribution is 2.30. The van der Waals surface area contributed by atoms with E-state index < -0.39 is 21.5 Å². The third kappa shape index (κ3) is 4.91. The van der Waals surface area contributed by atoms with Crippen molar-refractivity contribution in [2.75, 3.05) is 25.0 Å². The van der Waals surface area contributed by atoms with E-state index in [9.17, 15) is 18.0 Å². The molecule has 3 aromatic rings. The highest BCUT2D eigenvalue weighted by Gasteiger charge is 2.27. The van der Waals surface area contributed by atoms with Crippen LogP contribution < -0.4 is 15.6 Å². The van der Waals surface area contributed by atoms with Crippen LogP contribution in [-0.4, -0.2) is 47.9 Å². The first kappa shape index (κ1) is 22.9. The van der Waals surface area contributed by atoms with Crippen LogP contribution in [0, 0.1) is 0 Å². The molecule has 4 rings (SSSR count). The number of aromatic nitrogens is 2. The molecule has 2 heterocycles. The number of anilines is 1. The van der Waals surface area contributed by atoms with Crippen LogP contribution in [0.25, 0.3) is 11.0 Å². The molecule has 174 valence electrons. The maximum absolute atomic E-state index is 13.1. The maximum Gasteiger partial charge on any atom is 0.269 e. The van der Waals surface area contributed by atoms with E-state index in [1.54, 1.807) is 37.3 Å². The molecule has 0 atom stereocenters. The van der Waals surface area contributed by atoms with Gasteiger partial charge >= 0.3 is 0 Å². The van der Waals surface area contributed by atoms with Gasteiger partial charge in [-0.1, -0.05) is 18.6 Å². The van der Waals surface area contributed by atoms with E-state index in [2.05, 4.69) is 10.3 Å². The van der Waals surface area contributed by atoms with Crippen LogP contribution in [0.15, 0.2) is 58.4 Å². The van der Waals surface area contributed by atoms with E-state index >= 15 is 0 Å². The molecule has 1 amide bonds. The molecule has 1 N–H and O–H groups in total. The van der Waals surface area contributed by atoms with Gasteiger partial charge in [-0.3, -0.25) is 14.2 Å². The van der Waals surface area contributed by atoms with Gasteiger partial charge in [-0.2, -0.15) is 4.31 Å². The molecule has 1 aliphatic heterocycles. The van der Waals surface area contributed by atoms with E-state index in [1.807, 2.05) is 0 Å². The maximum atomic E-state index is 13.1. The van der Waals surface area contributed by atoms with E-state index in [4.69, 9.17) is 4.74 Å². The van der Waals surface area contributed by atoms with Crippen LogP contribution in [0.4, 0.5) is 5.69 Å². The first-order valence-electron chi connectivity index (χ1n) is 10.9. The molecular weight excluding hydrogens is 444 g/mol. The summed E-state index contributed by atoms with van der Waals surface area (Å²) in [7, 11) is -3.68. The predicted molar refractivity (Wildman–Crippen MR) is 125 cm³/mol. The minimum Gasteiger partial charge on any atom is -0.492 e. The standard InChI is InChI=1S/C23H26N4O5S/c1-2-32-21-11-10-17(33(30,31)26-12-6-3-7-13-26)14-19(21)25-22(28)16-27-20-9-5-4-8-18(20)24-15-23(27)29/h4-5,8-11,14-15H,2-3,6-7,12-13,16H2,1H3,(H,25,28). The quantitative estimate of drug-likeness (QED) is 0.568. The molecule has 1 aromatic heterocycles. The lowest BCUT2D eigenvalue weighted by atomic mass is 10.2. The Labute approximate surface area is 192 Å². The lowest BCUT2D eigenvalue weighted by Gasteiger charge is -2.26. The van der Waals surface area contributed by atoms with Gasteiger partial charge in [0.15, 0.2) is 0 Å². The molecule has 1 aliphatic rings. The summed E-state index contributed by atoms with van der Waals surface area (Å²) in [6.45, 7) is 2.85. The second-order valence-corrected chi connectivity index (χ2v) is 9.71. The molecule has 0 saturated carbocycles. The van der Waals surface area contributed by atoms with Gasteiger partial charge in [0.1, 0.15) is 12.3 Å². The topological polar surface area (TPSA) is 111 Å². The summed E-state index contributed by atoms with van der Waals surface area (Å²) in [4.78, 5) is 29.4. The molecule has 0 radical (unpaired) electrons. The van der Waals surface area contributed by atoms with Gasteiger partial charge < -0.3 is 10.1 Å². The minimum atomic E-state index is -3.68. The number of para-hydroxylation sites is 2. The second kappa shape index (κ2) is 9.72. The van der Waals surface area contributed by atoms with Gasteiger partial charge in [0.05, 0.1) is 34.4 Å². The number of piperidine rings is 1. The largest absolute Gasteiger partial charge is 0.492 e. The van der Waals surface area contributed by atoms with E-state index in [-0.39, 0.29) is 17.1 Å². The number of carbonyl (C=O) groups excluding carboxylic acids is 1. The molecule has 0 aliphatic carbocycles. The van der Waals surface area contributed by atoms with Crippen molar-refractivity contribution >= 4 is 32.7 Å². The minimum absolute atomic E-state index is 0.0923. The summed E-state index contributed by atoms with van der Waals surface area (Å²) >= 11 is 0. The van der Waals surface area contributed by atoms with Crippen molar-refractivity contribution in [2.24, 2.45) is 0 Å². The number of nitrogens with one attached hydrogen (secondary N) is 1. The Bertz CT molecular complexity index is 1330. The fourth-order valence-electron chi connectivity index (χ4n) is 3.91. The number of hydrogen-bond acceptors (Lipinski definition) is 6. The summed E-state index contributed by atoms with van der Waals surface area (Å²) in [5.74, 6) is -0.127. The molecule has 33 heavy (non-hydrogen) atoms. The summed E-state index contributed by atoms with van der Waals surface area (Å²) < 4.78 is 34.6. The normalized spacial score (nSPS) is 14.8. The molecule has 2 aromatic carbocycles. The fraction of sp³-hybridized carbons (Fsp3) is 0.348. The summed E-state index contributed by atoms with van der Waals surface area (Å²) in [5, 5.41) is 2.72. The lowest BCUT2D eigenvalue weighted by molar-refractivity contribution is -0.116. The van der Waals surface area contributed by atoms with Crippen LogP contribution >= 0.6 is 0 Å². The number of carbonyl (C=O) groups is 1. The van der Waals surface area contributed by atoms with Crippen molar-refractivity contribution in [3.63, 3.8) is 0 Å². The Hall–Kier alpha value is -3.24. The number of ether oxygens (including phenoxy) is 1. The SMILES string of the molecule is CCOc1ccc(S(=O)(=O)N2CCCCC2)cc1NC(=O)Cn1c(=O)cnc2ccccc21. The fourth-order valence-corrected chi connectivity index (χ4v) is 5.46. The summed E-state index contributed by atoms with van der Waals surface area (Å²) in [5.41, 5.74) is 0.961. The molecule has 0 bridgehead atoms. The second-order valence-electron chi connectivity index (χ2n) is 7.78. The van der Waals surface area contributed by atoms with Crippen molar-refractivity contribution in [3.8, 4) is 5.75 Å². The zero-order valence-electron chi connectivity index (χ0n) is 18.4. The Morgan fingerprint density at radius 3 is 2.64 bits per heavy atom. The van der Waals surface area contributed by atoms with Crippen LogP contribution in [0.1, 0.15) is 26.2 Å². The average molecular weight is 471 g/mol. The van der Waals surface area contributed by atoms with Gasteiger partial charge in [-0.25, -0.2) is 13.4 Å². The first-order chi connectivity index (χ1) is 15.9. The molecule has 10 heteroatoms. The van der Waals surface area contributed by atoms with Crippen molar-refractivity contribution < 1.29 is 17.9 Å². The number of benzene rings is 2. The summed E-state index contributed by atoms with van der Waals surface area (Å²) in [6.07, 6.45) is 3.84. The van der Waals surface area contributed by atoms with Gasteiger partial charge in [0.2, 0.25) is 15.9 Å². The zero-order chi connectivity index (χ0) is 23.4. The van der Waals surface area contributed by atoms with E-state index in [1.165, 1.54) is 27.2 Å². The first-order valence-corrected chi connectivity index (χ1v) is 12.4. The van der Waals surface area contributed by atoms with Gasteiger partial charge in [-0.15, -0.1) is 0 Å². The lowest BCUT2D eigenvalue weighted by Crippen LogP contribution is -2.35. The number of sulfonamides is 1. The van der Waals surface area contributed by atoms with Crippen LogP contribution in [0.5, 0.6) is 5.75 Å². The van der Waals surface area contributed by atoms with Crippen molar-refractivity contribution in [3.05, 3.63) is 59.0 Å². The van der Waals surface area contributed by atoms with Crippen molar-refractivity contribution in [1.82, 2.24) is 13.9 Å². The van der Waals surface area contributed by atoms with Crippen molar-refractivity contribution in [2.45, 2.75) is 37.6 Å². The number of amides is 1. The Kier molecular flexibility index (Phi) is 6.75. The van der Waals surface area contributed by atoms with Gasteiger partial charge in [-0.05, 0) is 50.1 Å². The monoisotopic (exact) mass is 470 g/mol. The van der Waals surface area contributed by atoms with Crippen LogP contribution in [0.2, 0.25) is 0 Å². The Morgan fingerprint density at radius 1 is 1.12 bits per heavy atom. The number of rotatable bonds is 7. The Morgan fingerprint density at radius 2 is 1.88 bits per heavy atom. The molecular formula is C23H26N4O5S. The smallest absolute Gasteiger partial charge is 0.269 e. The third-order valence-electron chi connectivity index (χ3n) is 5.53. The Balaban J connectivity index is 1.63. The number of hydrogen-bond donors (Lipinski definition) is 1. The third-order valence-corrected chi connectivity index (χ3v) is 7.43. The van der Waals surface area contributed by atoms with E-state index in [0.717, 1.165) is 19.3 Å². The number of nitrogens with zero attached hydrogens (tertiary/aromatic N) is 3. The molecule has 0 spiro atoms. The summed E-state index contributed by atoms with van der Waals surface area (Å²) in [6, 6.07) is 11.5. The number of fused-ring (bicyclic) bond motifs is 1. The molecule has 1 saturated heterocycles. The van der Waals surface area contributed by atoms with E-state index in [0.29, 0.717) is 36.5 Å². The predicted octanol–water partition coefficient (Wildman–Crippen LogP) is 2.61. The highest BCUT2D eigenvalue weighted by atomic mass is 32.2. The van der Waals surface area contributed by atoms with Gasteiger partial charge in [0.25, 0.3) is 5.56 Å². The highest BCUT2D eigenvalue weighted by molar-refractivity contribution is 7.89. The molecule has 9 nitrogen and oxygen atoms in total. The molecule has 0 unspecified atom stereocenters. The molecule has 1 fully saturated rings. The van der Waals surface area contributed by atoms with Crippen molar-refractivity contribution in [1.29, 1.82) is 0 Å².